The number of piperazine rings is 1. The van der Waals surface area contributed by atoms with Gasteiger partial charge in [-0.3, -0.25) is 9.69 Å². The van der Waals surface area contributed by atoms with Gasteiger partial charge in [-0.2, -0.15) is 0 Å². The Labute approximate surface area is 173 Å². The minimum atomic E-state index is -3.42. The van der Waals surface area contributed by atoms with Crippen LogP contribution in [0.25, 0.3) is 0 Å². The predicted molar refractivity (Wildman–Crippen MR) is 110 cm³/mol. The van der Waals surface area contributed by atoms with Crippen molar-refractivity contribution in [1.82, 2.24) is 14.5 Å². The van der Waals surface area contributed by atoms with Crippen molar-refractivity contribution in [2.45, 2.75) is 55.6 Å². The Balaban J connectivity index is 1.20. The average molecular weight is 422 g/mol. The van der Waals surface area contributed by atoms with E-state index in [-0.39, 0.29) is 11.9 Å². The van der Waals surface area contributed by atoms with Crippen LogP contribution < -0.4 is 4.72 Å². The first kappa shape index (κ1) is 20.8. The summed E-state index contributed by atoms with van der Waals surface area (Å²) < 4.78 is 32.8. The predicted octanol–water partition coefficient (Wildman–Crippen LogP) is 1.38. The maximum Gasteiger partial charge on any atom is 0.240 e. The van der Waals surface area contributed by atoms with Gasteiger partial charge in [0.15, 0.2) is 0 Å². The van der Waals surface area contributed by atoms with Crippen molar-refractivity contribution < 1.29 is 17.9 Å². The Hall–Kier alpha value is -1.48. The smallest absolute Gasteiger partial charge is 0.240 e. The lowest BCUT2D eigenvalue weighted by Gasteiger charge is -2.35. The lowest BCUT2D eigenvalue weighted by atomic mass is 10.1. The van der Waals surface area contributed by atoms with Crippen LogP contribution in [0.5, 0.6) is 0 Å². The fraction of sp³-hybridized carbons (Fsp3) is 0.667. The second-order valence-corrected chi connectivity index (χ2v) is 10.1. The van der Waals surface area contributed by atoms with Crippen LogP contribution >= 0.6 is 0 Å². The largest absolute Gasteiger partial charge is 0.377 e. The van der Waals surface area contributed by atoms with E-state index in [1.54, 1.807) is 12.1 Å². The maximum atomic E-state index is 12.6. The van der Waals surface area contributed by atoms with E-state index in [0.29, 0.717) is 23.8 Å². The van der Waals surface area contributed by atoms with Gasteiger partial charge in [0.05, 0.1) is 11.0 Å². The number of carbonyl (C=O) groups excluding carboxylic acids is 1. The monoisotopic (exact) mass is 421 g/mol. The molecule has 2 saturated heterocycles. The summed E-state index contributed by atoms with van der Waals surface area (Å²) in [5, 5.41) is 0. The number of benzene rings is 1. The highest BCUT2D eigenvalue weighted by Crippen LogP contribution is 2.22. The van der Waals surface area contributed by atoms with Gasteiger partial charge in [-0.25, -0.2) is 13.1 Å². The molecule has 1 atom stereocenters. The molecule has 1 unspecified atom stereocenters. The van der Waals surface area contributed by atoms with Gasteiger partial charge in [0.25, 0.3) is 0 Å². The summed E-state index contributed by atoms with van der Waals surface area (Å²) >= 11 is 0. The molecular weight excluding hydrogens is 390 g/mol. The summed E-state index contributed by atoms with van der Waals surface area (Å²) in [6.07, 6.45) is 5.60. The van der Waals surface area contributed by atoms with Crippen LogP contribution in [-0.4, -0.2) is 75.6 Å². The quantitative estimate of drug-likeness (QED) is 0.686. The fourth-order valence-electron chi connectivity index (χ4n) is 3.99. The van der Waals surface area contributed by atoms with Crippen LogP contribution in [0.2, 0.25) is 0 Å². The molecule has 3 aliphatic rings. The van der Waals surface area contributed by atoms with Crippen molar-refractivity contribution in [3.8, 4) is 0 Å². The zero-order valence-corrected chi connectivity index (χ0v) is 17.7. The van der Waals surface area contributed by atoms with Crippen LogP contribution in [0.1, 0.15) is 37.7 Å². The fourth-order valence-corrected chi connectivity index (χ4v) is 5.29. The van der Waals surface area contributed by atoms with Gasteiger partial charge in [-0.05, 0) is 49.8 Å². The Bertz CT molecular complexity index is 794. The van der Waals surface area contributed by atoms with E-state index in [4.69, 9.17) is 4.74 Å². The number of nitrogens with zero attached hydrogens (tertiary/aromatic N) is 2. The molecule has 1 aromatic carbocycles. The van der Waals surface area contributed by atoms with E-state index in [0.717, 1.165) is 70.6 Å². The van der Waals surface area contributed by atoms with Crippen molar-refractivity contribution in [3.05, 3.63) is 29.8 Å². The SMILES string of the molecule is O=C(CCc1ccc(S(=O)(=O)NC2CC2)cc1)N1CCN(CC2CCCO2)CC1. The van der Waals surface area contributed by atoms with Gasteiger partial charge in [-0.1, -0.05) is 12.1 Å². The second-order valence-electron chi connectivity index (χ2n) is 8.36. The van der Waals surface area contributed by atoms with Crippen LogP contribution in [0.15, 0.2) is 29.2 Å². The van der Waals surface area contributed by atoms with Gasteiger partial charge in [0.1, 0.15) is 0 Å². The molecule has 1 amide bonds. The summed E-state index contributed by atoms with van der Waals surface area (Å²) in [7, 11) is -3.42. The summed E-state index contributed by atoms with van der Waals surface area (Å²) in [5.41, 5.74) is 0.987. The number of rotatable bonds is 8. The van der Waals surface area contributed by atoms with E-state index in [9.17, 15) is 13.2 Å². The van der Waals surface area contributed by atoms with Gasteiger partial charge in [-0.15, -0.1) is 0 Å². The van der Waals surface area contributed by atoms with E-state index >= 15 is 0 Å². The highest BCUT2D eigenvalue weighted by molar-refractivity contribution is 7.89. The van der Waals surface area contributed by atoms with Crippen molar-refractivity contribution in [2.24, 2.45) is 0 Å². The van der Waals surface area contributed by atoms with Crippen molar-refractivity contribution in [1.29, 1.82) is 0 Å². The molecule has 8 heteroatoms. The average Bonchev–Trinajstić information content (AvgIpc) is 3.37. The van der Waals surface area contributed by atoms with Crippen molar-refractivity contribution in [2.75, 3.05) is 39.3 Å². The third-order valence-corrected chi connectivity index (χ3v) is 7.51. The zero-order valence-electron chi connectivity index (χ0n) is 16.9. The minimum absolute atomic E-state index is 0.100. The molecule has 2 heterocycles. The molecule has 1 N–H and O–H groups in total. The molecule has 1 saturated carbocycles. The zero-order chi connectivity index (χ0) is 20.3. The number of nitrogens with one attached hydrogen (secondary N) is 1. The number of carbonyl (C=O) groups is 1. The molecule has 0 spiro atoms. The van der Waals surface area contributed by atoms with Crippen molar-refractivity contribution in [3.63, 3.8) is 0 Å². The Morgan fingerprint density at radius 3 is 2.41 bits per heavy atom. The third kappa shape index (κ3) is 5.78. The normalized spacial score (nSPS) is 23.4. The van der Waals surface area contributed by atoms with Gasteiger partial charge < -0.3 is 9.64 Å². The Morgan fingerprint density at radius 2 is 1.79 bits per heavy atom. The lowest BCUT2D eigenvalue weighted by Crippen LogP contribution is -2.50. The maximum absolute atomic E-state index is 12.6. The van der Waals surface area contributed by atoms with Gasteiger partial charge in [0.2, 0.25) is 15.9 Å². The second kappa shape index (κ2) is 9.12. The minimum Gasteiger partial charge on any atom is -0.377 e. The summed E-state index contributed by atoms with van der Waals surface area (Å²) in [6.45, 7) is 5.23. The van der Waals surface area contributed by atoms with Crippen LogP contribution in [0.3, 0.4) is 0 Å². The molecule has 3 fully saturated rings. The molecule has 0 radical (unpaired) electrons. The molecule has 160 valence electrons. The first-order valence-electron chi connectivity index (χ1n) is 10.7. The van der Waals surface area contributed by atoms with E-state index in [1.165, 1.54) is 0 Å². The number of ether oxygens (including phenoxy) is 1. The van der Waals surface area contributed by atoms with Crippen LogP contribution in [-0.2, 0) is 26.0 Å². The molecule has 1 aliphatic carbocycles. The summed E-state index contributed by atoms with van der Waals surface area (Å²) in [4.78, 5) is 17.2. The first-order chi connectivity index (χ1) is 14.0. The summed E-state index contributed by atoms with van der Waals surface area (Å²) in [5.74, 6) is 0.175. The number of aryl methyl sites for hydroxylation is 1. The number of sulfonamides is 1. The van der Waals surface area contributed by atoms with Gasteiger partial charge >= 0.3 is 0 Å². The first-order valence-corrected chi connectivity index (χ1v) is 12.2. The van der Waals surface area contributed by atoms with E-state index in [1.807, 2.05) is 17.0 Å². The van der Waals surface area contributed by atoms with Gasteiger partial charge in [0, 0.05) is 51.8 Å². The molecule has 4 rings (SSSR count). The molecule has 0 bridgehead atoms. The number of amides is 1. The van der Waals surface area contributed by atoms with E-state index in [2.05, 4.69) is 9.62 Å². The highest BCUT2D eigenvalue weighted by Gasteiger charge is 2.28. The molecule has 7 nitrogen and oxygen atoms in total. The van der Waals surface area contributed by atoms with E-state index < -0.39 is 10.0 Å². The summed E-state index contributed by atoms with van der Waals surface area (Å²) in [6, 6.07) is 6.99. The highest BCUT2D eigenvalue weighted by atomic mass is 32.2. The molecule has 2 aliphatic heterocycles. The Kier molecular flexibility index (Phi) is 6.53. The number of hydrogen-bond donors (Lipinski definition) is 1. The Morgan fingerprint density at radius 1 is 1.07 bits per heavy atom. The van der Waals surface area contributed by atoms with Crippen LogP contribution in [0, 0.1) is 0 Å². The lowest BCUT2D eigenvalue weighted by molar-refractivity contribution is -0.133. The topological polar surface area (TPSA) is 79.0 Å². The molecule has 0 aromatic heterocycles. The molecule has 1 aromatic rings. The number of hydrogen-bond acceptors (Lipinski definition) is 5. The molecule has 29 heavy (non-hydrogen) atoms. The van der Waals surface area contributed by atoms with Crippen LogP contribution in [0.4, 0.5) is 0 Å². The standard InChI is InChI=1S/C21H31N3O4S/c25-21(24-13-11-23(12-14-24)16-19-2-1-15-28-19)10-5-17-3-8-20(9-4-17)29(26,27)22-18-6-7-18/h3-4,8-9,18-19,22H,1-2,5-7,10-16H2. The van der Waals surface area contributed by atoms with Crippen molar-refractivity contribution >= 4 is 15.9 Å². The third-order valence-electron chi connectivity index (χ3n) is 5.97. The molecular formula is C21H31N3O4S.